The summed E-state index contributed by atoms with van der Waals surface area (Å²) in [6.45, 7) is -0.617. The van der Waals surface area contributed by atoms with Crippen LogP contribution in [-0.2, 0) is 9.63 Å². The lowest BCUT2D eigenvalue weighted by Gasteiger charge is -2.33. The summed E-state index contributed by atoms with van der Waals surface area (Å²) in [5.74, 6) is -0.169. The minimum absolute atomic E-state index is 0.00425. The predicted octanol–water partition coefficient (Wildman–Crippen LogP) is 3.11. The largest absolute Gasteiger partial charge is 0.493 e. The number of carbonyl (C=O) groups excluding carboxylic acids is 1. The molecule has 1 amide bonds. The molecule has 0 aliphatic heterocycles. The molecule has 1 aromatic rings. The van der Waals surface area contributed by atoms with Gasteiger partial charge in [0.1, 0.15) is 0 Å². The molecule has 0 radical (unpaired) electrons. The molecular weight excluding hydrogens is 372 g/mol. The molecule has 28 heavy (non-hydrogen) atoms. The monoisotopic (exact) mass is 399 g/mol. The smallest absolute Gasteiger partial charge is 0.387 e. The van der Waals surface area contributed by atoms with Crippen LogP contribution in [0.25, 0.3) is 0 Å². The van der Waals surface area contributed by atoms with Crippen LogP contribution in [0.3, 0.4) is 0 Å². The van der Waals surface area contributed by atoms with Gasteiger partial charge in [0.05, 0.1) is 7.11 Å². The maximum Gasteiger partial charge on any atom is 0.387 e. The van der Waals surface area contributed by atoms with Crippen LogP contribution < -0.4 is 15.2 Å². The molecule has 156 valence electrons. The highest BCUT2D eigenvalue weighted by Crippen LogP contribution is 2.29. The summed E-state index contributed by atoms with van der Waals surface area (Å²) in [5.41, 5.74) is 6.26. The van der Waals surface area contributed by atoms with E-state index < -0.39 is 6.61 Å². The Kier molecular flexibility index (Phi) is 8.28. The lowest BCUT2D eigenvalue weighted by molar-refractivity contribution is -0.138. The zero-order chi connectivity index (χ0) is 20.5. The molecule has 1 aliphatic rings. The van der Waals surface area contributed by atoms with Crippen molar-refractivity contribution >= 4 is 11.7 Å². The number of methoxy groups -OCH3 is 1. The summed E-state index contributed by atoms with van der Waals surface area (Å²) in [6.07, 6.45) is 5.50. The van der Waals surface area contributed by atoms with Crippen molar-refractivity contribution in [1.82, 2.24) is 4.90 Å². The Morgan fingerprint density at radius 3 is 2.61 bits per heavy atom. The predicted molar refractivity (Wildman–Crippen MR) is 101 cm³/mol. The fourth-order valence-electron chi connectivity index (χ4n) is 3.34. The van der Waals surface area contributed by atoms with E-state index in [1.165, 1.54) is 31.7 Å². The fraction of sp³-hybridized carbons (Fsp3) is 0.579. The second kappa shape index (κ2) is 10.7. The highest BCUT2D eigenvalue weighted by Gasteiger charge is 2.24. The van der Waals surface area contributed by atoms with E-state index in [-0.39, 0.29) is 35.9 Å². The van der Waals surface area contributed by atoms with Crippen molar-refractivity contribution in [3.05, 3.63) is 23.8 Å². The third-order valence-electron chi connectivity index (χ3n) is 4.70. The SMILES string of the molecule is CCN(C(=O)CO/N=C(/N)c1ccc(OC(F)F)c(OC)c1)C1CCCCC1. The van der Waals surface area contributed by atoms with Crippen molar-refractivity contribution < 1.29 is 27.9 Å². The summed E-state index contributed by atoms with van der Waals surface area (Å²) in [6, 6.07) is 4.41. The van der Waals surface area contributed by atoms with Gasteiger partial charge in [0, 0.05) is 18.2 Å². The van der Waals surface area contributed by atoms with E-state index in [1.54, 1.807) is 0 Å². The first kappa shape index (κ1) is 21.7. The average Bonchev–Trinajstić information content (AvgIpc) is 2.69. The summed E-state index contributed by atoms with van der Waals surface area (Å²) in [4.78, 5) is 19.4. The minimum atomic E-state index is -2.97. The lowest BCUT2D eigenvalue weighted by Crippen LogP contribution is -2.43. The van der Waals surface area contributed by atoms with Gasteiger partial charge in [-0.3, -0.25) is 4.79 Å². The number of benzene rings is 1. The Balaban J connectivity index is 1.96. The van der Waals surface area contributed by atoms with Gasteiger partial charge in [-0.1, -0.05) is 24.4 Å². The third kappa shape index (κ3) is 5.97. The summed E-state index contributed by atoms with van der Waals surface area (Å²) < 4.78 is 34.2. The Bertz CT molecular complexity index is 679. The maximum atomic E-state index is 12.4. The molecule has 0 atom stereocenters. The Morgan fingerprint density at radius 1 is 1.29 bits per heavy atom. The molecule has 1 saturated carbocycles. The number of halogens is 2. The van der Waals surface area contributed by atoms with Gasteiger partial charge in [-0.05, 0) is 38.0 Å². The number of alkyl halides is 2. The topological polar surface area (TPSA) is 86.4 Å². The Labute approximate surface area is 163 Å². The molecule has 1 fully saturated rings. The number of rotatable bonds is 9. The number of oxime groups is 1. The van der Waals surface area contributed by atoms with E-state index in [1.807, 2.05) is 11.8 Å². The Morgan fingerprint density at radius 2 is 2.00 bits per heavy atom. The van der Waals surface area contributed by atoms with Crippen LogP contribution in [-0.4, -0.2) is 49.6 Å². The quantitative estimate of drug-likeness (QED) is 0.392. The second-order valence-corrected chi connectivity index (χ2v) is 6.47. The van der Waals surface area contributed by atoms with Crippen LogP contribution in [0.4, 0.5) is 8.78 Å². The zero-order valence-corrected chi connectivity index (χ0v) is 16.2. The van der Waals surface area contributed by atoms with Crippen molar-refractivity contribution in [3.8, 4) is 11.5 Å². The van der Waals surface area contributed by atoms with Gasteiger partial charge >= 0.3 is 6.61 Å². The fourth-order valence-corrected chi connectivity index (χ4v) is 3.34. The molecule has 0 spiro atoms. The maximum absolute atomic E-state index is 12.4. The summed E-state index contributed by atoms with van der Waals surface area (Å²) in [5, 5.41) is 3.76. The van der Waals surface area contributed by atoms with Crippen molar-refractivity contribution in [2.75, 3.05) is 20.3 Å². The second-order valence-electron chi connectivity index (χ2n) is 6.47. The van der Waals surface area contributed by atoms with Crippen LogP contribution in [0.5, 0.6) is 11.5 Å². The van der Waals surface area contributed by atoms with Gasteiger partial charge in [0.25, 0.3) is 5.91 Å². The molecule has 0 heterocycles. The van der Waals surface area contributed by atoms with Crippen molar-refractivity contribution in [2.24, 2.45) is 10.9 Å². The minimum Gasteiger partial charge on any atom is -0.493 e. The summed E-state index contributed by atoms with van der Waals surface area (Å²) in [7, 11) is 1.32. The van der Waals surface area contributed by atoms with E-state index in [4.69, 9.17) is 15.3 Å². The number of nitrogens with two attached hydrogens (primary N) is 1. The highest BCUT2D eigenvalue weighted by atomic mass is 19.3. The number of likely N-dealkylation sites (N-methyl/N-ethyl adjacent to an activating group) is 1. The summed E-state index contributed by atoms with van der Waals surface area (Å²) >= 11 is 0. The molecule has 2 rings (SSSR count). The molecule has 9 heteroatoms. The van der Waals surface area contributed by atoms with Crippen LogP contribution in [0, 0.1) is 0 Å². The van der Waals surface area contributed by atoms with Crippen molar-refractivity contribution in [1.29, 1.82) is 0 Å². The first-order valence-electron chi connectivity index (χ1n) is 9.34. The van der Waals surface area contributed by atoms with E-state index in [0.29, 0.717) is 12.1 Å². The number of amidine groups is 1. The van der Waals surface area contributed by atoms with E-state index in [0.717, 1.165) is 25.7 Å². The van der Waals surface area contributed by atoms with Gasteiger partial charge in [-0.15, -0.1) is 0 Å². The van der Waals surface area contributed by atoms with Crippen LogP contribution in [0.15, 0.2) is 23.4 Å². The zero-order valence-electron chi connectivity index (χ0n) is 16.2. The van der Waals surface area contributed by atoms with Gasteiger partial charge < -0.3 is 24.9 Å². The molecule has 0 aromatic heterocycles. The van der Waals surface area contributed by atoms with Crippen LogP contribution in [0.2, 0.25) is 0 Å². The number of carbonyl (C=O) groups is 1. The first-order valence-corrected chi connectivity index (χ1v) is 9.34. The van der Waals surface area contributed by atoms with E-state index in [9.17, 15) is 13.6 Å². The molecular formula is C19H27F2N3O4. The molecule has 0 bridgehead atoms. The standard InChI is InChI=1S/C19H27F2N3O4/c1-3-24(14-7-5-4-6-8-14)17(25)12-27-23-18(22)13-9-10-15(28-19(20)21)16(11-13)26-2/h9-11,14,19H,3-8,12H2,1-2H3,(H2,22,23). The number of ether oxygens (including phenoxy) is 2. The van der Waals surface area contributed by atoms with Gasteiger partial charge in [0.15, 0.2) is 23.9 Å². The van der Waals surface area contributed by atoms with Crippen molar-refractivity contribution in [3.63, 3.8) is 0 Å². The number of nitrogens with zero attached hydrogens (tertiary/aromatic N) is 2. The highest BCUT2D eigenvalue weighted by molar-refractivity contribution is 5.97. The molecule has 0 saturated heterocycles. The normalized spacial score (nSPS) is 15.4. The average molecular weight is 399 g/mol. The molecule has 7 nitrogen and oxygen atoms in total. The lowest BCUT2D eigenvalue weighted by atomic mass is 9.94. The number of amides is 1. The molecule has 1 aliphatic carbocycles. The van der Waals surface area contributed by atoms with E-state index in [2.05, 4.69) is 9.89 Å². The molecule has 2 N–H and O–H groups in total. The van der Waals surface area contributed by atoms with Gasteiger partial charge in [-0.2, -0.15) is 8.78 Å². The van der Waals surface area contributed by atoms with Gasteiger partial charge in [0.2, 0.25) is 0 Å². The number of hydrogen-bond donors (Lipinski definition) is 1. The molecule has 0 unspecified atom stereocenters. The Hall–Kier alpha value is -2.58. The van der Waals surface area contributed by atoms with E-state index >= 15 is 0 Å². The van der Waals surface area contributed by atoms with Gasteiger partial charge in [-0.25, -0.2) is 0 Å². The third-order valence-corrected chi connectivity index (χ3v) is 4.70. The first-order chi connectivity index (χ1) is 13.5. The van der Waals surface area contributed by atoms with Crippen LogP contribution >= 0.6 is 0 Å². The van der Waals surface area contributed by atoms with Crippen molar-refractivity contribution in [2.45, 2.75) is 51.7 Å². The molecule has 1 aromatic carbocycles. The van der Waals surface area contributed by atoms with Crippen LogP contribution in [0.1, 0.15) is 44.6 Å². The number of hydrogen-bond acceptors (Lipinski definition) is 5.